The summed E-state index contributed by atoms with van der Waals surface area (Å²) in [5, 5.41) is 9.26. The summed E-state index contributed by atoms with van der Waals surface area (Å²) in [6.07, 6.45) is 0.337. The summed E-state index contributed by atoms with van der Waals surface area (Å²) in [6.45, 7) is 5.13. The molecule has 4 nitrogen and oxygen atoms in total. The molecule has 1 fully saturated rings. The molecule has 0 bridgehead atoms. The van der Waals surface area contributed by atoms with Crippen LogP contribution in [0.15, 0.2) is 0 Å². The van der Waals surface area contributed by atoms with Gasteiger partial charge in [-0.3, -0.25) is 4.79 Å². The Kier molecular flexibility index (Phi) is 2.93. The number of β-amino-alcohol motifs (C(OH)–C–C–N with tert-alkyl or cyclic N) is 1. The Morgan fingerprint density at radius 3 is 2.69 bits per heavy atom. The maximum absolute atomic E-state index is 11.8. The van der Waals surface area contributed by atoms with Gasteiger partial charge in [-0.05, 0) is 20.3 Å². The van der Waals surface area contributed by atoms with Gasteiger partial charge in [0.05, 0.1) is 11.5 Å². The van der Waals surface area contributed by atoms with Gasteiger partial charge in [-0.15, -0.1) is 0 Å². The quantitative estimate of drug-likeness (QED) is 0.614. The van der Waals surface area contributed by atoms with Crippen LogP contribution in [-0.2, 0) is 4.79 Å². The molecule has 1 unspecified atom stereocenters. The lowest BCUT2D eigenvalue weighted by Crippen LogP contribution is -2.43. The fraction of sp³-hybridized carbons (Fsp3) is 0.889. The number of amides is 1. The molecule has 1 heterocycles. The molecule has 13 heavy (non-hydrogen) atoms. The second-order valence-corrected chi connectivity index (χ2v) is 4.28. The summed E-state index contributed by atoms with van der Waals surface area (Å²) < 4.78 is 0. The summed E-state index contributed by atoms with van der Waals surface area (Å²) >= 11 is 0. The van der Waals surface area contributed by atoms with E-state index in [1.807, 2.05) is 13.8 Å². The van der Waals surface area contributed by atoms with Crippen molar-refractivity contribution in [1.29, 1.82) is 0 Å². The van der Waals surface area contributed by atoms with Gasteiger partial charge < -0.3 is 15.7 Å². The summed E-state index contributed by atoms with van der Waals surface area (Å²) in [7, 11) is 0. The van der Waals surface area contributed by atoms with Crippen LogP contribution in [0, 0.1) is 5.41 Å². The van der Waals surface area contributed by atoms with Crippen molar-refractivity contribution in [3.63, 3.8) is 0 Å². The SMILES string of the molecule is CC(C)(CN)C(=O)N1CCC(O)C1. The van der Waals surface area contributed by atoms with Crippen molar-refractivity contribution in [1.82, 2.24) is 4.90 Å². The van der Waals surface area contributed by atoms with Gasteiger partial charge in [-0.1, -0.05) is 0 Å². The van der Waals surface area contributed by atoms with Crippen molar-refractivity contribution in [3.8, 4) is 0 Å². The van der Waals surface area contributed by atoms with E-state index in [1.54, 1.807) is 4.90 Å². The number of aliphatic hydroxyl groups is 1. The highest BCUT2D eigenvalue weighted by Gasteiger charge is 2.34. The molecule has 0 spiro atoms. The van der Waals surface area contributed by atoms with Crippen molar-refractivity contribution in [2.75, 3.05) is 19.6 Å². The van der Waals surface area contributed by atoms with Crippen molar-refractivity contribution in [2.24, 2.45) is 11.1 Å². The molecule has 1 atom stereocenters. The monoisotopic (exact) mass is 186 g/mol. The number of aliphatic hydroxyl groups excluding tert-OH is 1. The lowest BCUT2D eigenvalue weighted by Gasteiger charge is -2.27. The van der Waals surface area contributed by atoms with E-state index in [4.69, 9.17) is 5.73 Å². The molecule has 3 N–H and O–H groups in total. The smallest absolute Gasteiger partial charge is 0.229 e. The predicted molar refractivity (Wildman–Crippen MR) is 50.0 cm³/mol. The maximum Gasteiger partial charge on any atom is 0.229 e. The minimum Gasteiger partial charge on any atom is -0.391 e. The number of nitrogens with two attached hydrogens (primary N) is 1. The van der Waals surface area contributed by atoms with Crippen molar-refractivity contribution < 1.29 is 9.90 Å². The van der Waals surface area contributed by atoms with Crippen LogP contribution in [0.5, 0.6) is 0 Å². The van der Waals surface area contributed by atoms with E-state index in [0.717, 1.165) is 0 Å². The number of hydrogen-bond donors (Lipinski definition) is 2. The third-order valence-electron chi connectivity index (χ3n) is 2.54. The molecule has 1 aliphatic heterocycles. The number of hydrogen-bond acceptors (Lipinski definition) is 3. The van der Waals surface area contributed by atoms with Crippen LogP contribution in [0.4, 0.5) is 0 Å². The highest BCUT2D eigenvalue weighted by atomic mass is 16.3. The van der Waals surface area contributed by atoms with E-state index < -0.39 is 5.41 Å². The molecule has 1 amide bonds. The zero-order valence-electron chi connectivity index (χ0n) is 8.29. The Labute approximate surface area is 78.7 Å². The molecule has 0 saturated carbocycles. The van der Waals surface area contributed by atoms with Gasteiger partial charge in [0.1, 0.15) is 0 Å². The van der Waals surface area contributed by atoms with Crippen LogP contribution in [0.2, 0.25) is 0 Å². The number of rotatable bonds is 2. The number of likely N-dealkylation sites (tertiary alicyclic amines) is 1. The van der Waals surface area contributed by atoms with Crippen LogP contribution >= 0.6 is 0 Å². The highest BCUT2D eigenvalue weighted by molar-refractivity contribution is 5.82. The molecular formula is C9H18N2O2. The molecule has 0 aromatic heterocycles. The summed E-state index contributed by atoms with van der Waals surface area (Å²) in [5.41, 5.74) is 5.00. The number of carbonyl (C=O) groups excluding carboxylic acids is 1. The molecule has 1 rings (SSSR count). The largest absolute Gasteiger partial charge is 0.391 e. The first-order valence-electron chi connectivity index (χ1n) is 4.65. The Hall–Kier alpha value is -0.610. The normalized spacial score (nSPS) is 23.7. The second kappa shape index (κ2) is 3.64. The molecule has 4 heteroatoms. The molecular weight excluding hydrogens is 168 g/mol. The summed E-state index contributed by atoms with van der Waals surface area (Å²) in [6, 6.07) is 0. The van der Waals surface area contributed by atoms with Crippen LogP contribution < -0.4 is 5.73 Å². The van der Waals surface area contributed by atoms with E-state index in [2.05, 4.69) is 0 Å². The fourth-order valence-corrected chi connectivity index (χ4v) is 1.44. The first-order valence-corrected chi connectivity index (χ1v) is 4.65. The topological polar surface area (TPSA) is 66.6 Å². The van der Waals surface area contributed by atoms with Crippen molar-refractivity contribution in [2.45, 2.75) is 26.4 Å². The standard InChI is InChI=1S/C9H18N2O2/c1-9(2,6-10)8(13)11-4-3-7(12)5-11/h7,12H,3-6,10H2,1-2H3. The van der Waals surface area contributed by atoms with Gasteiger partial charge in [0.25, 0.3) is 0 Å². The minimum absolute atomic E-state index is 0.0477. The highest BCUT2D eigenvalue weighted by Crippen LogP contribution is 2.20. The van der Waals surface area contributed by atoms with Gasteiger partial charge >= 0.3 is 0 Å². The van der Waals surface area contributed by atoms with Crippen molar-refractivity contribution in [3.05, 3.63) is 0 Å². The zero-order chi connectivity index (χ0) is 10.1. The fourth-order valence-electron chi connectivity index (χ4n) is 1.44. The molecule has 1 aliphatic rings. The summed E-state index contributed by atoms with van der Waals surface area (Å²) in [4.78, 5) is 13.5. The molecule has 0 aromatic carbocycles. The number of carbonyl (C=O) groups is 1. The Balaban J connectivity index is 2.58. The Morgan fingerprint density at radius 1 is 1.69 bits per heavy atom. The first-order chi connectivity index (χ1) is 5.97. The lowest BCUT2D eigenvalue weighted by atomic mass is 9.92. The maximum atomic E-state index is 11.8. The van der Waals surface area contributed by atoms with Gasteiger partial charge in [0.15, 0.2) is 0 Å². The molecule has 0 aromatic rings. The van der Waals surface area contributed by atoms with E-state index in [-0.39, 0.29) is 12.0 Å². The third kappa shape index (κ3) is 2.19. The van der Waals surface area contributed by atoms with Gasteiger partial charge in [0.2, 0.25) is 5.91 Å². The second-order valence-electron chi connectivity index (χ2n) is 4.28. The zero-order valence-corrected chi connectivity index (χ0v) is 8.29. The Morgan fingerprint density at radius 2 is 2.31 bits per heavy atom. The van der Waals surface area contributed by atoms with E-state index in [1.165, 1.54) is 0 Å². The van der Waals surface area contributed by atoms with Crippen LogP contribution in [-0.4, -0.2) is 41.7 Å². The van der Waals surface area contributed by atoms with Crippen molar-refractivity contribution >= 4 is 5.91 Å². The van der Waals surface area contributed by atoms with Gasteiger partial charge in [-0.25, -0.2) is 0 Å². The van der Waals surface area contributed by atoms with Gasteiger partial charge in [0, 0.05) is 19.6 Å². The van der Waals surface area contributed by atoms with Crippen LogP contribution in [0.3, 0.4) is 0 Å². The third-order valence-corrected chi connectivity index (χ3v) is 2.54. The molecule has 0 radical (unpaired) electrons. The van der Waals surface area contributed by atoms with Gasteiger partial charge in [-0.2, -0.15) is 0 Å². The Bertz CT molecular complexity index is 204. The molecule has 0 aliphatic carbocycles. The predicted octanol–water partition coefficient (Wildman–Crippen LogP) is -0.435. The average Bonchev–Trinajstić information content (AvgIpc) is 2.50. The minimum atomic E-state index is -0.496. The van der Waals surface area contributed by atoms with Crippen LogP contribution in [0.1, 0.15) is 20.3 Å². The average molecular weight is 186 g/mol. The van der Waals surface area contributed by atoms with Crippen LogP contribution in [0.25, 0.3) is 0 Å². The molecule has 1 saturated heterocycles. The van der Waals surface area contributed by atoms with E-state index in [9.17, 15) is 9.90 Å². The first kappa shape index (κ1) is 10.5. The van der Waals surface area contributed by atoms with E-state index in [0.29, 0.717) is 26.1 Å². The lowest BCUT2D eigenvalue weighted by molar-refractivity contribution is -0.139. The summed E-state index contributed by atoms with van der Waals surface area (Å²) in [5.74, 6) is 0.0477. The number of nitrogens with zero attached hydrogens (tertiary/aromatic N) is 1. The molecule has 76 valence electrons. The van der Waals surface area contributed by atoms with E-state index >= 15 is 0 Å².